The van der Waals surface area contributed by atoms with Crippen molar-refractivity contribution in [3.05, 3.63) is 0 Å². The molecule has 3 rings (SSSR count). The smallest absolute Gasteiger partial charge is 0.307 e. The van der Waals surface area contributed by atoms with Crippen molar-refractivity contribution in [2.75, 3.05) is 13.1 Å². The third kappa shape index (κ3) is 3.51. The zero-order valence-electron chi connectivity index (χ0n) is 15.8. The first-order valence-electron chi connectivity index (χ1n) is 9.93. The molecule has 2 atom stereocenters. The molecule has 2 saturated carbocycles. The molecule has 1 aliphatic heterocycles. The fourth-order valence-electron chi connectivity index (χ4n) is 5.01. The maximum Gasteiger partial charge on any atom is 0.307 e. The molecule has 0 bridgehead atoms. The van der Waals surface area contributed by atoms with Gasteiger partial charge < -0.3 is 10.0 Å². The van der Waals surface area contributed by atoms with E-state index >= 15 is 0 Å². The van der Waals surface area contributed by atoms with Gasteiger partial charge in [-0.3, -0.25) is 9.59 Å². The van der Waals surface area contributed by atoms with E-state index in [0.717, 1.165) is 19.3 Å². The second kappa shape index (κ2) is 7.13. The molecule has 1 heterocycles. The number of hydrogen-bond acceptors (Lipinski definition) is 4. The van der Waals surface area contributed by atoms with Gasteiger partial charge in [-0.15, -0.1) is 0 Å². The van der Waals surface area contributed by atoms with Crippen LogP contribution in [-0.2, 0) is 19.4 Å². The summed E-state index contributed by atoms with van der Waals surface area (Å²) in [7, 11) is -3.49. The highest BCUT2D eigenvalue weighted by Gasteiger charge is 2.59. The Labute approximate surface area is 156 Å². The van der Waals surface area contributed by atoms with Crippen LogP contribution in [0.15, 0.2) is 0 Å². The fourth-order valence-corrected chi connectivity index (χ4v) is 7.60. The predicted octanol–water partition coefficient (Wildman–Crippen LogP) is 2.47. The maximum absolute atomic E-state index is 13.2. The molecule has 0 aromatic heterocycles. The summed E-state index contributed by atoms with van der Waals surface area (Å²) in [6, 6.07) is 0. The second-order valence-electron chi connectivity index (χ2n) is 8.80. The van der Waals surface area contributed by atoms with E-state index in [1.807, 2.05) is 13.8 Å². The number of carbonyl (C=O) groups is 2. The molecule has 2 aliphatic carbocycles. The van der Waals surface area contributed by atoms with Gasteiger partial charge in [0.25, 0.3) is 0 Å². The molecule has 1 amide bonds. The van der Waals surface area contributed by atoms with Crippen LogP contribution in [0, 0.1) is 17.3 Å². The van der Waals surface area contributed by atoms with Crippen LogP contribution in [-0.4, -0.2) is 53.9 Å². The SMILES string of the molecule is CC(C)C(C(=O)N1CCC2(CC1)CC2C(=O)O)S(=O)(=O)C1CCCCC1. The molecule has 7 heteroatoms. The van der Waals surface area contributed by atoms with E-state index in [0.29, 0.717) is 45.2 Å². The fraction of sp³-hybridized carbons (Fsp3) is 0.895. The van der Waals surface area contributed by atoms with Crippen molar-refractivity contribution in [2.24, 2.45) is 17.3 Å². The van der Waals surface area contributed by atoms with Crippen molar-refractivity contribution in [2.45, 2.75) is 75.7 Å². The Kier molecular flexibility index (Phi) is 5.39. The molecule has 0 radical (unpaired) electrons. The molecule has 1 N–H and O–H groups in total. The number of likely N-dealkylation sites (tertiary alicyclic amines) is 1. The lowest BCUT2D eigenvalue weighted by molar-refractivity contribution is -0.139. The molecule has 1 saturated heterocycles. The molecule has 6 nitrogen and oxygen atoms in total. The van der Waals surface area contributed by atoms with Crippen LogP contribution in [0.5, 0.6) is 0 Å². The molecular weight excluding hydrogens is 354 g/mol. The Bertz CT molecular complexity index is 657. The highest BCUT2D eigenvalue weighted by Crippen LogP contribution is 2.59. The van der Waals surface area contributed by atoms with Crippen molar-refractivity contribution in [3.63, 3.8) is 0 Å². The van der Waals surface area contributed by atoms with Gasteiger partial charge in [-0.05, 0) is 43.4 Å². The van der Waals surface area contributed by atoms with E-state index in [2.05, 4.69) is 0 Å². The van der Waals surface area contributed by atoms with E-state index in [9.17, 15) is 23.1 Å². The van der Waals surface area contributed by atoms with E-state index in [4.69, 9.17) is 0 Å². The summed E-state index contributed by atoms with van der Waals surface area (Å²) in [5.74, 6) is -1.55. The van der Waals surface area contributed by atoms with Gasteiger partial charge in [0.2, 0.25) is 5.91 Å². The summed E-state index contributed by atoms with van der Waals surface area (Å²) in [6.07, 6.45) is 6.29. The van der Waals surface area contributed by atoms with Crippen LogP contribution in [0.2, 0.25) is 0 Å². The Balaban J connectivity index is 1.69. The second-order valence-corrected chi connectivity index (χ2v) is 11.1. The first-order chi connectivity index (χ1) is 12.2. The highest BCUT2D eigenvalue weighted by molar-refractivity contribution is 7.93. The van der Waals surface area contributed by atoms with Crippen LogP contribution in [0.25, 0.3) is 0 Å². The Morgan fingerprint density at radius 2 is 1.65 bits per heavy atom. The van der Waals surface area contributed by atoms with Gasteiger partial charge in [-0.25, -0.2) is 8.42 Å². The lowest BCUT2D eigenvalue weighted by Crippen LogP contribution is -2.51. The molecule has 148 valence electrons. The summed E-state index contributed by atoms with van der Waals surface area (Å²) < 4.78 is 26.3. The van der Waals surface area contributed by atoms with Crippen molar-refractivity contribution >= 4 is 21.7 Å². The third-order valence-electron chi connectivity index (χ3n) is 6.78. The molecule has 3 aliphatic rings. The summed E-state index contributed by atoms with van der Waals surface area (Å²) in [4.78, 5) is 26.0. The molecule has 2 unspecified atom stereocenters. The molecule has 3 fully saturated rings. The zero-order chi connectivity index (χ0) is 19.1. The van der Waals surface area contributed by atoms with Gasteiger partial charge in [-0.2, -0.15) is 0 Å². The lowest BCUT2D eigenvalue weighted by Gasteiger charge is -2.37. The summed E-state index contributed by atoms with van der Waals surface area (Å²) >= 11 is 0. The number of nitrogens with zero attached hydrogens (tertiary/aromatic N) is 1. The lowest BCUT2D eigenvalue weighted by atomic mass is 9.90. The van der Waals surface area contributed by atoms with Crippen LogP contribution in [0.4, 0.5) is 0 Å². The minimum Gasteiger partial charge on any atom is -0.481 e. The van der Waals surface area contributed by atoms with Gasteiger partial charge in [0.1, 0.15) is 5.25 Å². The van der Waals surface area contributed by atoms with Crippen LogP contribution in [0.1, 0.15) is 65.2 Å². The third-order valence-corrected chi connectivity index (χ3v) is 9.63. The van der Waals surface area contributed by atoms with Gasteiger partial charge in [0.15, 0.2) is 9.84 Å². The molecule has 0 aromatic carbocycles. The summed E-state index contributed by atoms with van der Waals surface area (Å²) in [6.45, 7) is 4.59. The number of sulfone groups is 1. The molecule has 0 aromatic rings. The number of carbonyl (C=O) groups excluding carboxylic acids is 1. The van der Waals surface area contributed by atoms with Crippen LogP contribution in [0.3, 0.4) is 0 Å². The number of carboxylic acids is 1. The largest absolute Gasteiger partial charge is 0.481 e. The number of amides is 1. The Hall–Kier alpha value is -1.11. The molecular formula is C19H31NO5S. The number of hydrogen-bond donors (Lipinski definition) is 1. The highest BCUT2D eigenvalue weighted by atomic mass is 32.2. The van der Waals surface area contributed by atoms with E-state index in [1.165, 1.54) is 0 Å². The topological polar surface area (TPSA) is 91.8 Å². The number of carboxylic acid groups (broad SMARTS) is 1. The standard InChI is InChI=1S/C19H31NO5S/c1-13(2)16(26(24,25)14-6-4-3-5-7-14)17(21)20-10-8-19(9-11-20)12-15(19)18(22)23/h13-16H,3-12H2,1-2H3,(H,22,23). The van der Waals surface area contributed by atoms with Crippen molar-refractivity contribution in [3.8, 4) is 0 Å². The maximum atomic E-state index is 13.2. The number of rotatable bonds is 5. The van der Waals surface area contributed by atoms with Crippen LogP contribution >= 0.6 is 0 Å². The van der Waals surface area contributed by atoms with Crippen molar-refractivity contribution in [1.82, 2.24) is 4.90 Å². The molecule has 26 heavy (non-hydrogen) atoms. The molecule has 1 spiro atoms. The van der Waals surface area contributed by atoms with Gasteiger partial charge in [-0.1, -0.05) is 33.1 Å². The van der Waals surface area contributed by atoms with E-state index in [1.54, 1.807) is 4.90 Å². The summed E-state index contributed by atoms with van der Waals surface area (Å²) in [5.41, 5.74) is -0.155. The number of piperidine rings is 1. The van der Waals surface area contributed by atoms with Gasteiger partial charge in [0.05, 0.1) is 11.2 Å². The summed E-state index contributed by atoms with van der Waals surface area (Å²) in [5, 5.41) is 7.85. The van der Waals surface area contributed by atoms with Crippen LogP contribution < -0.4 is 0 Å². The first kappa shape index (κ1) is 19.6. The van der Waals surface area contributed by atoms with Gasteiger partial charge in [0, 0.05) is 13.1 Å². The quantitative estimate of drug-likeness (QED) is 0.785. The Morgan fingerprint density at radius 3 is 2.12 bits per heavy atom. The average molecular weight is 386 g/mol. The van der Waals surface area contributed by atoms with Crippen molar-refractivity contribution < 1.29 is 23.1 Å². The van der Waals surface area contributed by atoms with Crippen molar-refractivity contribution in [1.29, 1.82) is 0 Å². The number of aliphatic carboxylic acids is 1. The zero-order valence-corrected chi connectivity index (χ0v) is 16.6. The van der Waals surface area contributed by atoms with E-state index < -0.39 is 21.1 Å². The minimum absolute atomic E-state index is 0.155. The normalized spacial score (nSPS) is 27.5. The average Bonchev–Trinajstić information content (AvgIpc) is 3.29. The monoisotopic (exact) mass is 385 g/mol. The van der Waals surface area contributed by atoms with Gasteiger partial charge >= 0.3 is 5.97 Å². The van der Waals surface area contributed by atoms with E-state index in [-0.39, 0.29) is 28.4 Å². The first-order valence-corrected chi connectivity index (χ1v) is 11.5. The minimum atomic E-state index is -3.49. The predicted molar refractivity (Wildman–Crippen MR) is 98.4 cm³/mol. The Morgan fingerprint density at radius 1 is 1.08 bits per heavy atom.